The molecule has 0 aliphatic carbocycles. The molecule has 25 heavy (non-hydrogen) atoms. The number of rotatable bonds is 7. The lowest BCUT2D eigenvalue weighted by Crippen LogP contribution is -2.33. The fraction of sp³-hybridized carbons (Fsp3) is 0.562. The average Bonchev–Trinajstić information content (AvgIpc) is 3.21. The Kier molecular flexibility index (Phi) is 5.47. The van der Waals surface area contributed by atoms with Crippen molar-refractivity contribution in [2.45, 2.75) is 44.6 Å². The highest BCUT2D eigenvalue weighted by molar-refractivity contribution is 5.02. The van der Waals surface area contributed by atoms with E-state index in [2.05, 4.69) is 15.0 Å². The second-order valence-electron chi connectivity index (χ2n) is 6.17. The van der Waals surface area contributed by atoms with Gasteiger partial charge in [0.25, 0.3) is 5.56 Å². The number of aromatic amines is 2. The van der Waals surface area contributed by atoms with E-state index in [0.29, 0.717) is 12.2 Å². The Morgan fingerprint density at radius 1 is 1.48 bits per heavy atom. The fourth-order valence-corrected chi connectivity index (χ4v) is 2.82. The van der Waals surface area contributed by atoms with Gasteiger partial charge >= 0.3 is 5.69 Å². The number of hydrogen-bond donors (Lipinski definition) is 3. The highest BCUT2D eigenvalue weighted by Gasteiger charge is 2.35. The van der Waals surface area contributed by atoms with E-state index in [9.17, 15) is 14.7 Å². The summed E-state index contributed by atoms with van der Waals surface area (Å²) in [5.41, 5.74) is 0.496. The third-order valence-electron chi connectivity index (χ3n) is 4.23. The summed E-state index contributed by atoms with van der Waals surface area (Å²) in [5, 5.41) is 10.1. The van der Waals surface area contributed by atoms with Gasteiger partial charge in [0.05, 0.1) is 19.0 Å². The lowest BCUT2D eigenvalue weighted by molar-refractivity contribution is -0.0637. The van der Waals surface area contributed by atoms with Crippen molar-refractivity contribution in [1.82, 2.24) is 19.5 Å². The summed E-state index contributed by atoms with van der Waals surface area (Å²) in [4.78, 5) is 32.6. The third kappa shape index (κ3) is 4.25. The molecule has 0 saturated carbocycles. The Balaban J connectivity index is 1.49. The monoisotopic (exact) mass is 350 g/mol. The first-order valence-corrected chi connectivity index (χ1v) is 8.25. The minimum Gasteiger partial charge on any atom is -0.390 e. The van der Waals surface area contributed by atoms with Crippen molar-refractivity contribution in [3.63, 3.8) is 0 Å². The lowest BCUT2D eigenvalue weighted by Gasteiger charge is -2.16. The van der Waals surface area contributed by atoms with Gasteiger partial charge in [0.15, 0.2) is 0 Å². The number of hydrogen-bond acceptors (Lipinski definition) is 6. The number of aryl methyl sites for hydroxylation is 2. The predicted octanol–water partition coefficient (Wildman–Crippen LogP) is -0.134. The molecule has 0 bridgehead atoms. The van der Waals surface area contributed by atoms with Crippen LogP contribution in [0.2, 0.25) is 0 Å². The van der Waals surface area contributed by atoms with Crippen molar-refractivity contribution in [3.05, 3.63) is 50.8 Å². The number of nitrogens with one attached hydrogen (secondary N) is 2. The van der Waals surface area contributed by atoms with Crippen LogP contribution in [0.3, 0.4) is 0 Å². The van der Waals surface area contributed by atoms with E-state index in [1.807, 2.05) is 0 Å². The number of H-pyrrole nitrogens is 2. The normalized spacial score (nSPS) is 23.2. The molecule has 0 unspecified atom stereocenters. The average molecular weight is 350 g/mol. The zero-order chi connectivity index (χ0) is 17.8. The van der Waals surface area contributed by atoms with Gasteiger partial charge in [-0.2, -0.15) is 0 Å². The molecule has 9 nitrogen and oxygen atoms in total. The molecule has 1 aliphatic heterocycles. The van der Waals surface area contributed by atoms with Crippen LogP contribution < -0.4 is 11.2 Å². The van der Waals surface area contributed by atoms with Gasteiger partial charge in [0.2, 0.25) is 0 Å². The van der Waals surface area contributed by atoms with Gasteiger partial charge in [0.1, 0.15) is 12.3 Å². The molecule has 2 aromatic rings. The second-order valence-corrected chi connectivity index (χ2v) is 6.17. The first-order valence-electron chi connectivity index (χ1n) is 8.25. The fourth-order valence-electron chi connectivity index (χ4n) is 2.82. The van der Waals surface area contributed by atoms with Crippen LogP contribution in [0, 0.1) is 6.92 Å². The Morgan fingerprint density at radius 3 is 3.08 bits per heavy atom. The molecule has 3 heterocycles. The molecule has 0 aromatic carbocycles. The first kappa shape index (κ1) is 17.6. The molecule has 0 amide bonds. The van der Waals surface area contributed by atoms with Crippen molar-refractivity contribution in [2.24, 2.45) is 0 Å². The highest BCUT2D eigenvalue weighted by Crippen LogP contribution is 2.27. The molecule has 1 fully saturated rings. The number of aromatic nitrogens is 4. The molecule has 0 radical (unpaired) electrons. The Labute approximate surface area is 143 Å². The van der Waals surface area contributed by atoms with Crippen LogP contribution in [-0.2, 0) is 15.9 Å². The standard InChI is InChI=1S/C16H22N4O5/c1-10-7-20(16(23)19-15(10)22)14-5-12(21)13(25-14)8-24-4-2-3-11-6-17-9-18-11/h6-7,9,12-14,21H,2-5,8H2,1H3,(H,17,18)(H,19,22,23)/t12-,13+,14+/m0/s1. The van der Waals surface area contributed by atoms with E-state index >= 15 is 0 Å². The van der Waals surface area contributed by atoms with Crippen molar-refractivity contribution in [2.75, 3.05) is 13.2 Å². The summed E-state index contributed by atoms with van der Waals surface area (Å²) >= 11 is 0. The van der Waals surface area contributed by atoms with Crippen molar-refractivity contribution >= 4 is 0 Å². The topological polar surface area (TPSA) is 122 Å². The van der Waals surface area contributed by atoms with E-state index in [-0.39, 0.29) is 13.0 Å². The number of aliphatic hydroxyl groups is 1. The summed E-state index contributed by atoms with van der Waals surface area (Å²) in [6, 6.07) is 0. The van der Waals surface area contributed by atoms with Crippen molar-refractivity contribution in [3.8, 4) is 0 Å². The van der Waals surface area contributed by atoms with E-state index in [4.69, 9.17) is 9.47 Å². The molecule has 1 aliphatic rings. The SMILES string of the molecule is Cc1cn([C@H]2C[C@H](O)[C@@H](COCCCc3cnc[nH]3)O2)c(=O)[nH]c1=O. The Hall–Kier alpha value is -2.23. The van der Waals surface area contributed by atoms with Crippen LogP contribution in [-0.4, -0.2) is 50.0 Å². The first-order chi connectivity index (χ1) is 12.0. The minimum absolute atomic E-state index is 0.248. The van der Waals surface area contributed by atoms with Crippen LogP contribution in [0.15, 0.2) is 28.3 Å². The molecular formula is C16H22N4O5. The molecule has 2 aromatic heterocycles. The lowest BCUT2D eigenvalue weighted by atomic mass is 10.2. The van der Waals surface area contributed by atoms with Crippen LogP contribution in [0.25, 0.3) is 0 Å². The van der Waals surface area contributed by atoms with Gasteiger partial charge in [-0.1, -0.05) is 0 Å². The Morgan fingerprint density at radius 2 is 2.32 bits per heavy atom. The minimum atomic E-state index is -0.725. The molecule has 0 spiro atoms. The summed E-state index contributed by atoms with van der Waals surface area (Å²) in [5.74, 6) is 0. The number of ether oxygens (including phenoxy) is 2. The number of imidazole rings is 1. The molecule has 1 saturated heterocycles. The summed E-state index contributed by atoms with van der Waals surface area (Å²) in [6.07, 6.45) is 4.96. The zero-order valence-corrected chi connectivity index (χ0v) is 14.0. The van der Waals surface area contributed by atoms with Gasteiger partial charge in [0, 0.05) is 36.7 Å². The Bertz CT molecular complexity index is 798. The van der Waals surface area contributed by atoms with Gasteiger partial charge in [-0.25, -0.2) is 9.78 Å². The van der Waals surface area contributed by atoms with Crippen LogP contribution in [0.4, 0.5) is 0 Å². The van der Waals surface area contributed by atoms with Gasteiger partial charge in [-0.05, 0) is 19.8 Å². The van der Waals surface area contributed by atoms with E-state index in [1.54, 1.807) is 19.4 Å². The predicted molar refractivity (Wildman–Crippen MR) is 88.3 cm³/mol. The maximum absolute atomic E-state index is 11.9. The molecule has 9 heteroatoms. The smallest absolute Gasteiger partial charge is 0.330 e. The largest absolute Gasteiger partial charge is 0.390 e. The van der Waals surface area contributed by atoms with Gasteiger partial charge < -0.3 is 19.6 Å². The van der Waals surface area contributed by atoms with E-state index < -0.39 is 29.7 Å². The van der Waals surface area contributed by atoms with Crippen LogP contribution in [0.5, 0.6) is 0 Å². The molecule has 3 N–H and O–H groups in total. The summed E-state index contributed by atoms with van der Waals surface area (Å²) in [7, 11) is 0. The zero-order valence-electron chi connectivity index (χ0n) is 14.0. The van der Waals surface area contributed by atoms with Gasteiger partial charge in [-0.3, -0.25) is 14.3 Å². The molecular weight excluding hydrogens is 328 g/mol. The maximum Gasteiger partial charge on any atom is 0.330 e. The summed E-state index contributed by atoms with van der Waals surface area (Å²) < 4.78 is 12.6. The van der Waals surface area contributed by atoms with E-state index in [0.717, 1.165) is 18.5 Å². The van der Waals surface area contributed by atoms with Crippen molar-refractivity contribution < 1.29 is 14.6 Å². The second kappa shape index (κ2) is 7.77. The van der Waals surface area contributed by atoms with Crippen molar-refractivity contribution in [1.29, 1.82) is 0 Å². The van der Waals surface area contributed by atoms with E-state index in [1.165, 1.54) is 10.8 Å². The third-order valence-corrected chi connectivity index (χ3v) is 4.23. The quantitative estimate of drug-likeness (QED) is 0.598. The number of nitrogens with zero attached hydrogens (tertiary/aromatic N) is 2. The number of aliphatic hydroxyl groups excluding tert-OH is 1. The molecule has 136 valence electrons. The highest BCUT2D eigenvalue weighted by atomic mass is 16.6. The van der Waals surface area contributed by atoms with Crippen LogP contribution >= 0.6 is 0 Å². The maximum atomic E-state index is 11.9. The summed E-state index contributed by atoms with van der Waals surface area (Å²) in [6.45, 7) is 2.39. The molecule has 3 atom stereocenters. The van der Waals surface area contributed by atoms with Crippen LogP contribution in [0.1, 0.15) is 30.3 Å². The van der Waals surface area contributed by atoms with Gasteiger partial charge in [-0.15, -0.1) is 0 Å². The molecule has 3 rings (SSSR count).